The molecule has 1 atom stereocenters. The third-order valence-electron chi connectivity index (χ3n) is 8.21. The van der Waals surface area contributed by atoms with Crippen LogP contribution in [-0.4, -0.2) is 18.7 Å². The summed E-state index contributed by atoms with van der Waals surface area (Å²) in [6, 6.07) is 21.2. The number of halogens is 1. The second kappa shape index (κ2) is 14.5. The first-order chi connectivity index (χ1) is 21.7. The fourth-order valence-electron chi connectivity index (χ4n) is 5.74. The molecule has 0 aliphatic heterocycles. The monoisotopic (exact) mass is 640 g/mol. The zero-order valence-corrected chi connectivity index (χ0v) is 28.1. The van der Waals surface area contributed by atoms with Gasteiger partial charge in [-0.25, -0.2) is 4.99 Å². The molecule has 0 radical (unpaired) electrons. The van der Waals surface area contributed by atoms with Crippen LogP contribution in [0.2, 0.25) is 5.02 Å². The number of fused-ring (bicyclic) bond motifs is 1. The van der Waals surface area contributed by atoms with Crippen LogP contribution < -0.4 is 14.8 Å². The number of anilines is 1. The quantitative estimate of drug-likeness (QED) is 0.131. The molecule has 234 valence electrons. The second-order valence-electron chi connectivity index (χ2n) is 12.4. The van der Waals surface area contributed by atoms with E-state index in [0.29, 0.717) is 47.6 Å². The Morgan fingerprint density at radius 3 is 2.56 bits per heavy atom. The summed E-state index contributed by atoms with van der Waals surface area (Å²) in [5.74, 6) is 1.73. The number of benzene rings is 3. The van der Waals surface area contributed by atoms with Gasteiger partial charge in [-0.1, -0.05) is 74.8 Å². The molecule has 1 N–H and O–H groups in total. The molecule has 0 saturated carbocycles. The minimum Gasteiger partial charge on any atom is -0.490 e. The normalized spacial score (nSPS) is 14.6. The Morgan fingerprint density at radius 2 is 1.84 bits per heavy atom. The molecule has 0 fully saturated rings. The van der Waals surface area contributed by atoms with E-state index in [4.69, 9.17) is 26.1 Å². The van der Waals surface area contributed by atoms with Gasteiger partial charge in [0.05, 0.1) is 12.2 Å². The smallest absolute Gasteiger partial charge is 0.259 e. The SMILES string of the molecule is C=CCc1cc(C=Nc2sc3c(c2C(=O)Nc2ccccc2)CC[C@H](C(C)(C)C)C3)cc(OCC)c1OCc1ccccc1Cl. The minimum absolute atomic E-state index is 0.120. The van der Waals surface area contributed by atoms with Crippen LogP contribution in [0.5, 0.6) is 11.5 Å². The maximum Gasteiger partial charge on any atom is 0.259 e. The van der Waals surface area contributed by atoms with Crippen molar-refractivity contribution in [3.63, 3.8) is 0 Å². The van der Waals surface area contributed by atoms with Crippen LogP contribution in [-0.2, 0) is 25.9 Å². The van der Waals surface area contributed by atoms with Crippen molar-refractivity contribution in [3.05, 3.63) is 117 Å². The molecule has 1 amide bonds. The molecule has 4 aromatic rings. The molecule has 1 aliphatic carbocycles. The standard InChI is InChI=1S/C38H41ClN2O3S/c1-6-13-26-20-25(21-32(43-7-2)35(26)44-24-27-14-11-12-17-31(27)39)23-40-37-34(36(42)41-29-15-9-8-10-16-29)30-19-18-28(38(3,4)5)22-33(30)45-37/h6,8-12,14-17,20-21,23,28H,1,7,13,18-19,22,24H2,2-5H3,(H,41,42)/t28-/m0/s1. The molecule has 1 aliphatic rings. The summed E-state index contributed by atoms with van der Waals surface area (Å²) in [5.41, 5.74) is 5.46. The lowest BCUT2D eigenvalue weighted by Gasteiger charge is -2.33. The summed E-state index contributed by atoms with van der Waals surface area (Å²) in [4.78, 5) is 20.0. The molecule has 0 bridgehead atoms. The molecule has 1 heterocycles. The number of ether oxygens (including phenoxy) is 2. The van der Waals surface area contributed by atoms with Crippen LogP contribution in [0.15, 0.2) is 84.4 Å². The lowest BCUT2D eigenvalue weighted by atomic mass is 9.72. The first-order valence-corrected chi connectivity index (χ1v) is 16.7. The number of amides is 1. The summed E-state index contributed by atoms with van der Waals surface area (Å²) in [6.45, 7) is 13.6. The number of rotatable bonds is 11. The predicted octanol–water partition coefficient (Wildman–Crippen LogP) is 10.3. The third-order valence-corrected chi connectivity index (χ3v) is 9.74. The maximum atomic E-state index is 13.8. The average molecular weight is 641 g/mol. The largest absolute Gasteiger partial charge is 0.490 e. The number of para-hydroxylation sites is 1. The first kappa shape index (κ1) is 32.5. The number of aliphatic imine (C=N–C) groups is 1. The van der Waals surface area contributed by atoms with Crippen LogP contribution in [0, 0.1) is 11.3 Å². The van der Waals surface area contributed by atoms with E-state index in [1.165, 1.54) is 4.88 Å². The van der Waals surface area contributed by atoms with E-state index in [1.807, 2.05) is 85.9 Å². The number of carbonyl (C=O) groups is 1. The fraction of sp³-hybridized carbons (Fsp3) is 0.316. The Morgan fingerprint density at radius 1 is 1.09 bits per heavy atom. The zero-order valence-electron chi connectivity index (χ0n) is 26.5. The van der Waals surface area contributed by atoms with Crippen molar-refractivity contribution in [3.8, 4) is 11.5 Å². The molecular formula is C38H41ClN2O3S. The van der Waals surface area contributed by atoms with Gasteiger partial charge in [0.25, 0.3) is 5.91 Å². The number of carbonyl (C=O) groups excluding carboxylic acids is 1. The van der Waals surface area contributed by atoms with E-state index >= 15 is 0 Å². The molecule has 45 heavy (non-hydrogen) atoms. The Bertz CT molecular complexity index is 1690. The fourth-order valence-corrected chi connectivity index (χ4v) is 7.20. The third kappa shape index (κ3) is 7.86. The van der Waals surface area contributed by atoms with E-state index < -0.39 is 0 Å². The van der Waals surface area contributed by atoms with Crippen molar-refractivity contribution in [1.82, 2.24) is 0 Å². The molecule has 3 aromatic carbocycles. The number of hydrogen-bond donors (Lipinski definition) is 1. The highest BCUT2D eigenvalue weighted by Gasteiger charge is 2.33. The topological polar surface area (TPSA) is 59.9 Å². The van der Waals surface area contributed by atoms with E-state index in [1.54, 1.807) is 11.3 Å². The van der Waals surface area contributed by atoms with Crippen LogP contribution in [0.4, 0.5) is 10.7 Å². The number of thiophene rings is 1. The van der Waals surface area contributed by atoms with E-state index in [-0.39, 0.29) is 11.3 Å². The van der Waals surface area contributed by atoms with Gasteiger partial charge in [-0.2, -0.15) is 0 Å². The highest BCUT2D eigenvalue weighted by molar-refractivity contribution is 7.16. The lowest BCUT2D eigenvalue weighted by molar-refractivity contribution is 0.102. The number of allylic oxidation sites excluding steroid dienone is 1. The maximum absolute atomic E-state index is 13.8. The summed E-state index contributed by atoms with van der Waals surface area (Å²) >= 11 is 8.03. The Kier molecular flexibility index (Phi) is 10.5. The van der Waals surface area contributed by atoms with Gasteiger partial charge >= 0.3 is 0 Å². The van der Waals surface area contributed by atoms with Crippen LogP contribution in [0.3, 0.4) is 0 Å². The molecule has 0 saturated heterocycles. The first-order valence-electron chi connectivity index (χ1n) is 15.5. The van der Waals surface area contributed by atoms with Crippen molar-refractivity contribution in [2.75, 3.05) is 11.9 Å². The van der Waals surface area contributed by atoms with Crippen molar-refractivity contribution < 1.29 is 14.3 Å². The Balaban J connectivity index is 1.50. The van der Waals surface area contributed by atoms with Gasteiger partial charge in [0.15, 0.2) is 11.5 Å². The molecule has 1 aromatic heterocycles. The molecule has 5 rings (SSSR count). The van der Waals surface area contributed by atoms with Crippen molar-refractivity contribution in [1.29, 1.82) is 0 Å². The minimum atomic E-state index is -0.120. The van der Waals surface area contributed by atoms with Crippen molar-refractivity contribution >= 4 is 45.7 Å². The van der Waals surface area contributed by atoms with Gasteiger partial charge in [-0.05, 0) is 85.4 Å². The summed E-state index contributed by atoms with van der Waals surface area (Å²) < 4.78 is 12.4. The van der Waals surface area contributed by atoms with Gasteiger partial charge in [-0.3, -0.25) is 4.79 Å². The lowest BCUT2D eigenvalue weighted by Crippen LogP contribution is -2.27. The highest BCUT2D eigenvalue weighted by atomic mass is 35.5. The molecule has 0 spiro atoms. The summed E-state index contributed by atoms with van der Waals surface area (Å²) in [7, 11) is 0. The van der Waals surface area contributed by atoms with Gasteiger partial charge in [0.2, 0.25) is 0 Å². The summed E-state index contributed by atoms with van der Waals surface area (Å²) in [6.07, 6.45) is 7.15. The average Bonchev–Trinajstić information content (AvgIpc) is 3.39. The van der Waals surface area contributed by atoms with Crippen LogP contribution >= 0.6 is 22.9 Å². The van der Waals surface area contributed by atoms with E-state index in [9.17, 15) is 4.79 Å². The molecular weight excluding hydrogens is 600 g/mol. The van der Waals surface area contributed by atoms with Crippen molar-refractivity contribution in [2.24, 2.45) is 16.3 Å². The second-order valence-corrected chi connectivity index (χ2v) is 13.9. The molecule has 7 heteroatoms. The summed E-state index contributed by atoms with van der Waals surface area (Å²) in [5, 5.41) is 4.49. The zero-order chi connectivity index (χ0) is 32.0. The van der Waals surface area contributed by atoms with Gasteiger partial charge in [-0.15, -0.1) is 17.9 Å². The number of hydrogen-bond acceptors (Lipinski definition) is 5. The predicted molar refractivity (Wildman–Crippen MR) is 188 cm³/mol. The van der Waals surface area contributed by atoms with Gasteiger partial charge < -0.3 is 14.8 Å². The van der Waals surface area contributed by atoms with Crippen molar-refractivity contribution in [2.45, 2.75) is 60.0 Å². The van der Waals surface area contributed by atoms with Crippen LogP contribution in [0.25, 0.3) is 0 Å². The number of nitrogens with zero attached hydrogens (tertiary/aromatic N) is 1. The van der Waals surface area contributed by atoms with Crippen LogP contribution in [0.1, 0.15) is 71.6 Å². The Labute approximate surface area is 276 Å². The number of nitrogens with one attached hydrogen (secondary N) is 1. The highest BCUT2D eigenvalue weighted by Crippen LogP contribution is 2.45. The molecule has 5 nitrogen and oxygen atoms in total. The Hall–Kier alpha value is -3.87. The molecule has 0 unspecified atom stereocenters. The van der Waals surface area contributed by atoms with E-state index in [2.05, 4.69) is 32.7 Å². The van der Waals surface area contributed by atoms with Gasteiger partial charge in [0.1, 0.15) is 11.6 Å². The van der Waals surface area contributed by atoms with E-state index in [0.717, 1.165) is 52.2 Å². The van der Waals surface area contributed by atoms with Gasteiger partial charge in [0, 0.05) is 32.9 Å².